The number of amides is 2. The summed E-state index contributed by atoms with van der Waals surface area (Å²) in [6, 6.07) is 20.6. The lowest BCUT2D eigenvalue weighted by atomic mass is 9.88. The van der Waals surface area contributed by atoms with Crippen molar-refractivity contribution < 1.29 is 14.5 Å². The number of carbonyl (C=O) groups is 1. The Bertz CT molecular complexity index is 1400. The van der Waals surface area contributed by atoms with Crippen LogP contribution in [-0.2, 0) is 17.6 Å². The van der Waals surface area contributed by atoms with Gasteiger partial charge in [-0.15, -0.1) is 0 Å². The second-order valence-electron chi connectivity index (χ2n) is 10.6. The maximum atomic E-state index is 14.5. The molecule has 0 unspecified atom stereocenters. The van der Waals surface area contributed by atoms with Crippen LogP contribution in [0.1, 0.15) is 47.9 Å². The number of nitrogens with zero attached hydrogens (tertiary/aromatic N) is 4. The molecule has 0 saturated carbocycles. The Morgan fingerprint density at radius 3 is 2.23 bits per heavy atom. The molecule has 0 bridgehead atoms. The first-order valence-electron chi connectivity index (χ1n) is 13.7. The van der Waals surface area contributed by atoms with Crippen molar-refractivity contribution in [3.8, 4) is 0 Å². The lowest BCUT2D eigenvalue weighted by Crippen LogP contribution is -2.43. The lowest BCUT2D eigenvalue weighted by Gasteiger charge is -2.31. The number of fused-ring (bicyclic) bond motifs is 2. The van der Waals surface area contributed by atoms with Crippen LogP contribution >= 0.6 is 0 Å². The second-order valence-corrected chi connectivity index (χ2v) is 10.6. The summed E-state index contributed by atoms with van der Waals surface area (Å²) in [5, 5.41) is 18.3. The Labute approximate surface area is 228 Å². The molecule has 8 nitrogen and oxygen atoms in total. The summed E-state index contributed by atoms with van der Waals surface area (Å²) in [5.41, 5.74) is 6.89. The van der Waals surface area contributed by atoms with Crippen LogP contribution in [0.3, 0.4) is 0 Å². The SMILES string of the molecule is Cc1ccc2c(c1)N(c1ccc([N+](=O)[O-])cc1)C(=O)N(C1CCc3ccccc3CC1)N=C2C1CCOCC1. The summed E-state index contributed by atoms with van der Waals surface area (Å²) < 4.78 is 5.67. The summed E-state index contributed by atoms with van der Waals surface area (Å²) >= 11 is 0. The smallest absolute Gasteiger partial charge is 0.349 e. The predicted molar refractivity (Wildman–Crippen MR) is 151 cm³/mol. The van der Waals surface area contributed by atoms with E-state index in [1.165, 1.54) is 23.3 Å². The number of hydrogen-bond donors (Lipinski definition) is 0. The maximum absolute atomic E-state index is 14.5. The average molecular weight is 525 g/mol. The molecule has 200 valence electrons. The number of rotatable bonds is 4. The van der Waals surface area contributed by atoms with E-state index >= 15 is 0 Å². The monoisotopic (exact) mass is 524 g/mol. The van der Waals surface area contributed by atoms with Crippen molar-refractivity contribution in [1.82, 2.24) is 5.01 Å². The zero-order chi connectivity index (χ0) is 26.9. The number of non-ortho nitro benzene ring substituents is 1. The van der Waals surface area contributed by atoms with Crippen LogP contribution < -0.4 is 4.90 Å². The van der Waals surface area contributed by atoms with Crippen LogP contribution in [0.4, 0.5) is 21.9 Å². The molecule has 0 radical (unpaired) electrons. The number of hydrazone groups is 1. The largest absolute Gasteiger partial charge is 0.381 e. The summed E-state index contributed by atoms with van der Waals surface area (Å²) in [7, 11) is 0. The van der Waals surface area contributed by atoms with Crippen LogP contribution in [0.5, 0.6) is 0 Å². The third-order valence-electron chi connectivity index (χ3n) is 8.16. The van der Waals surface area contributed by atoms with Gasteiger partial charge in [-0.3, -0.25) is 15.0 Å². The number of benzene rings is 3. The van der Waals surface area contributed by atoms with Gasteiger partial charge in [-0.1, -0.05) is 36.4 Å². The Balaban J connectivity index is 1.47. The number of ether oxygens (including phenoxy) is 1. The molecule has 3 aromatic carbocycles. The molecule has 1 fully saturated rings. The first-order chi connectivity index (χ1) is 19.0. The summed E-state index contributed by atoms with van der Waals surface area (Å²) in [6.07, 6.45) is 5.10. The van der Waals surface area contributed by atoms with Crippen molar-refractivity contribution in [2.45, 2.75) is 51.5 Å². The van der Waals surface area contributed by atoms with Gasteiger partial charge in [0, 0.05) is 36.8 Å². The molecule has 1 aliphatic carbocycles. The highest BCUT2D eigenvalue weighted by molar-refractivity contribution is 6.14. The lowest BCUT2D eigenvalue weighted by molar-refractivity contribution is -0.384. The number of urea groups is 1. The van der Waals surface area contributed by atoms with Gasteiger partial charge in [0.2, 0.25) is 0 Å². The van der Waals surface area contributed by atoms with Crippen molar-refractivity contribution in [2.24, 2.45) is 11.0 Å². The van der Waals surface area contributed by atoms with Crippen molar-refractivity contribution >= 4 is 28.8 Å². The summed E-state index contributed by atoms with van der Waals surface area (Å²) in [6.45, 7) is 3.35. The third kappa shape index (κ3) is 4.92. The zero-order valence-electron chi connectivity index (χ0n) is 22.1. The van der Waals surface area contributed by atoms with E-state index in [1.54, 1.807) is 22.0 Å². The Hall–Kier alpha value is -4.04. The standard InChI is InChI=1S/C31H32N4O4/c1-21-6-15-28-29(20-21)33(25-11-13-27(14-12-25)35(37)38)31(36)34(32-30(28)24-16-18-39-19-17-24)26-9-7-22-4-2-3-5-23(22)8-10-26/h2-6,11-15,20,24,26H,7-10,16-19H2,1H3. The number of carbonyl (C=O) groups excluding carboxylic acids is 1. The van der Waals surface area contributed by atoms with Crippen molar-refractivity contribution in [3.05, 3.63) is 99.1 Å². The molecule has 2 aliphatic heterocycles. The van der Waals surface area contributed by atoms with Gasteiger partial charge in [0.1, 0.15) is 0 Å². The van der Waals surface area contributed by atoms with E-state index in [0.717, 1.165) is 61.1 Å². The molecule has 2 amide bonds. The Morgan fingerprint density at radius 1 is 0.923 bits per heavy atom. The Kier molecular flexibility index (Phi) is 6.87. The average Bonchev–Trinajstić information content (AvgIpc) is 3.24. The number of aryl methyl sites for hydroxylation is 3. The van der Waals surface area contributed by atoms with Gasteiger partial charge >= 0.3 is 6.03 Å². The molecule has 6 rings (SSSR count). The minimum Gasteiger partial charge on any atom is -0.381 e. The molecule has 3 aromatic rings. The van der Waals surface area contributed by atoms with E-state index in [4.69, 9.17) is 9.84 Å². The van der Waals surface area contributed by atoms with E-state index in [-0.39, 0.29) is 23.7 Å². The van der Waals surface area contributed by atoms with Crippen LogP contribution in [0.15, 0.2) is 71.8 Å². The first-order valence-corrected chi connectivity index (χ1v) is 13.7. The Morgan fingerprint density at radius 2 is 1.59 bits per heavy atom. The van der Waals surface area contributed by atoms with Gasteiger partial charge in [0.05, 0.1) is 28.1 Å². The number of anilines is 2. The van der Waals surface area contributed by atoms with Crippen LogP contribution in [0.25, 0.3) is 0 Å². The van der Waals surface area contributed by atoms with Gasteiger partial charge in [0.15, 0.2) is 0 Å². The van der Waals surface area contributed by atoms with E-state index in [0.29, 0.717) is 18.9 Å². The van der Waals surface area contributed by atoms with Gasteiger partial charge in [-0.25, -0.2) is 9.80 Å². The molecule has 0 N–H and O–H groups in total. The van der Waals surface area contributed by atoms with Crippen molar-refractivity contribution in [1.29, 1.82) is 0 Å². The van der Waals surface area contributed by atoms with Crippen LogP contribution in [0, 0.1) is 23.0 Å². The first kappa shape index (κ1) is 25.2. The molecule has 3 aliphatic rings. The fourth-order valence-electron chi connectivity index (χ4n) is 6.02. The summed E-state index contributed by atoms with van der Waals surface area (Å²) in [5.74, 6) is 0.176. The number of nitro groups is 1. The fraction of sp³-hybridized carbons (Fsp3) is 0.355. The van der Waals surface area contributed by atoms with E-state index in [2.05, 4.69) is 36.4 Å². The number of nitro benzene ring substituents is 1. The van der Waals surface area contributed by atoms with Gasteiger partial charge in [-0.05, 0) is 80.3 Å². The predicted octanol–water partition coefficient (Wildman–Crippen LogP) is 6.56. The molecule has 8 heteroatoms. The van der Waals surface area contributed by atoms with Crippen molar-refractivity contribution in [2.75, 3.05) is 18.1 Å². The normalized spacial score (nSPS) is 18.6. The van der Waals surface area contributed by atoms with Gasteiger partial charge < -0.3 is 4.74 Å². The van der Waals surface area contributed by atoms with Crippen LogP contribution in [-0.4, -0.2) is 40.9 Å². The summed E-state index contributed by atoms with van der Waals surface area (Å²) in [4.78, 5) is 27.2. The quantitative estimate of drug-likeness (QED) is 0.220. The molecule has 0 atom stereocenters. The highest BCUT2D eigenvalue weighted by atomic mass is 16.6. The zero-order valence-corrected chi connectivity index (χ0v) is 22.1. The molecular formula is C31H32N4O4. The maximum Gasteiger partial charge on any atom is 0.349 e. The fourth-order valence-corrected chi connectivity index (χ4v) is 6.02. The van der Waals surface area contributed by atoms with E-state index in [1.807, 2.05) is 13.0 Å². The third-order valence-corrected chi connectivity index (χ3v) is 8.16. The van der Waals surface area contributed by atoms with Crippen LogP contribution in [0.2, 0.25) is 0 Å². The van der Waals surface area contributed by atoms with Gasteiger partial charge in [0.25, 0.3) is 5.69 Å². The van der Waals surface area contributed by atoms with Crippen molar-refractivity contribution in [3.63, 3.8) is 0 Å². The minimum absolute atomic E-state index is 0.0111. The van der Waals surface area contributed by atoms with E-state index < -0.39 is 4.92 Å². The highest BCUT2D eigenvalue weighted by Crippen LogP contribution is 2.39. The molecule has 39 heavy (non-hydrogen) atoms. The molecule has 0 spiro atoms. The molecule has 0 aromatic heterocycles. The minimum atomic E-state index is -0.423. The molecular weight excluding hydrogens is 492 g/mol. The second kappa shape index (κ2) is 10.6. The van der Waals surface area contributed by atoms with Gasteiger partial charge in [-0.2, -0.15) is 5.10 Å². The molecule has 1 saturated heterocycles. The highest BCUT2D eigenvalue weighted by Gasteiger charge is 2.37. The number of hydrogen-bond acceptors (Lipinski definition) is 5. The molecule has 2 heterocycles. The van der Waals surface area contributed by atoms with E-state index in [9.17, 15) is 14.9 Å². The topological polar surface area (TPSA) is 88.3 Å².